The molecule has 26 heavy (non-hydrogen) atoms. The summed E-state index contributed by atoms with van der Waals surface area (Å²) in [6, 6.07) is 0.843. The van der Waals surface area contributed by atoms with Gasteiger partial charge in [-0.2, -0.15) is 0 Å². The zero-order chi connectivity index (χ0) is 17.4. The van der Waals surface area contributed by atoms with Crippen molar-refractivity contribution in [1.82, 2.24) is 15.5 Å². The van der Waals surface area contributed by atoms with Crippen molar-refractivity contribution in [2.45, 2.75) is 56.7 Å². The lowest BCUT2D eigenvalue weighted by molar-refractivity contribution is -0.171. The van der Waals surface area contributed by atoms with E-state index in [0.717, 1.165) is 38.5 Å². The van der Waals surface area contributed by atoms with E-state index < -0.39 is 0 Å². The van der Waals surface area contributed by atoms with Crippen molar-refractivity contribution >= 4 is 36.0 Å². The molecule has 2 saturated carbocycles. The van der Waals surface area contributed by atoms with Crippen molar-refractivity contribution in [2.75, 3.05) is 33.9 Å². The van der Waals surface area contributed by atoms with Crippen LogP contribution in [0.1, 0.15) is 38.5 Å². The number of nitrogens with zero attached hydrogens (tertiary/aromatic N) is 2. The van der Waals surface area contributed by atoms with Gasteiger partial charge >= 0.3 is 6.09 Å². The van der Waals surface area contributed by atoms with Gasteiger partial charge in [-0.05, 0) is 32.1 Å². The van der Waals surface area contributed by atoms with Crippen molar-refractivity contribution in [3.05, 3.63) is 0 Å². The first kappa shape index (κ1) is 20.0. The Kier molecular flexibility index (Phi) is 6.21. The molecule has 2 aliphatic heterocycles. The molecule has 0 aromatic heterocycles. The summed E-state index contributed by atoms with van der Waals surface area (Å²) in [5.41, 5.74) is 0.354. The van der Waals surface area contributed by atoms with Gasteiger partial charge in [0.2, 0.25) is 0 Å². The van der Waals surface area contributed by atoms with Crippen molar-refractivity contribution in [3.63, 3.8) is 0 Å². The fourth-order valence-corrected chi connectivity index (χ4v) is 5.30. The molecule has 0 radical (unpaired) electrons. The summed E-state index contributed by atoms with van der Waals surface area (Å²) in [6.07, 6.45) is 7.12. The van der Waals surface area contributed by atoms with E-state index in [1.165, 1.54) is 32.8 Å². The lowest BCUT2D eigenvalue weighted by atomic mass is 9.46. The van der Waals surface area contributed by atoms with E-state index >= 15 is 0 Å². The number of likely N-dealkylation sites (tertiary alicyclic amines) is 1. The number of rotatable bonds is 2. The van der Waals surface area contributed by atoms with E-state index in [2.05, 4.69) is 15.6 Å². The smallest absolute Gasteiger partial charge is 0.409 e. The number of ether oxygens (including phenoxy) is 2. The summed E-state index contributed by atoms with van der Waals surface area (Å²) in [6.45, 7) is 2.37. The summed E-state index contributed by atoms with van der Waals surface area (Å²) in [7, 11) is 3.28. The molecule has 2 saturated heterocycles. The Balaban J connectivity index is 0.00000196. The molecule has 4 aliphatic rings. The average Bonchev–Trinajstić information content (AvgIpc) is 3.02. The number of carbonyl (C=O) groups excluding carboxylic acids is 1. The Morgan fingerprint density at radius 3 is 2.54 bits per heavy atom. The van der Waals surface area contributed by atoms with Gasteiger partial charge in [-0.1, -0.05) is 6.42 Å². The number of piperidine rings is 1. The molecule has 0 aromatic carbocycles. The van der Waals surface area contributed by atoms with E-state index in [1.54, 1.807) is 4.90 Å². The standard InChI is InChI=1S/C18H30N4O3.HI/c1-19-16(20-12-4-9-22(10-5-12)17(23)24-2)21-14-13-6-11-25-15(13)18(14)7-3-8-18;/h12-15H,3-11H2,1-2H3,(H2,19,20,21);1H. The zero-order valence-electron chi connectivity index (χ0n) is 15.7. The molecule has 2 N–H and O–H groups in total. The highest BCUT2D eigenvalue weighted by atomic mass is 127. The maximum atomic E-state index is 11.6. The third-order valence-electron chi connectivity index (χ3n) is 6.82. The summed E-state index contributed by atoms with van der Waals surface area (Å²) in [5, 5.41) is 7.28. The van der Waals surface area contributed by atoms with Crippen molar-refractivity contribution in [2.24, 2.45) is 16.3 Å². The molecule has 4 rings (SSSR count). The van der Waals surface area contributed by atoms with Crippen LogP contribution in [0.3, 0.4) is 0 Å². The third kappa shape index (κ3) is 3.27. The number of hydrogen-bond acceptors (Lipinski definition) is 4. The molecule has 0 bridgehead atoms. The van der Waals surface area contributed by atoms with E-state index in [9.17, 15) is 4.79 Å². The number of guanidine groups is 1. The Morgan fingerprint density at radius 1 is 1.23 bits per heavy atom. The Bertz CT molecular complexity index is 547. The molecular weight excluding hydrogens is 447 g/mol. The topological polar surface area (TPSA) is 75.2 Å². The molecule has 3 atom stereocenters. The minimum absolute atomic E-state index is 0. The highest BCUT2D eigenvalue weighted by molar-refractivity contribution is 14.0. The number of amides is 1. The number of carbonyl (C=O) groups is 1. The minimum Gasteiger partial charge on any atom is -0.453 e. The SMILES string of the molecule is CN=C(NC1CCN(C(=O)OC)CC1)NC1C2CCOC2C12CCC2.I. The fourth-order valence-electron chi connectivity index (χ4n) is 5.30. The maximum absolute atomic E-state index is 11.6. The number of hydrogen-bond donors (Lipinski definition) is 2. The van der Waals surface area contributed by atoms with Crippen LogP contribution >= 0.6 is 24.0 Å². The van der Waals surface area contributed by atoms with Gasteiger partial charge in [0, 0.05) is 50.2 Å². The van der Waals surface area contributed by atoms with Crippen LogP contribution in [0.25, 0.3) is 0 Å². The molecule has 2 heterocycles. The van der Waals surface area contributed by atoms with Gasteiger partial charge in [-0.25, -0.2) is 4.79 Å². The lowest BCUT2D eigenvalue weighted by Gasteiger charge is -2.63. The molecule has 1 spiro atoms. The summed E-state index contributed by atoms with van der Waals surface area (Å²) in [4.78, 5) is 17.8. The van der Waals surface area contributed by atoms with Gasteiger partial charge in [0.15, 0.2) is 5.96 Å². The largest absolute Gasteiger partial charge is 0.453 e. The number of methoxy groups -OCH3 is 1. The van der Waals surface area contributed by atoms with Crippen LogP contribution in [0.5, 0.6) is 0 Å². The first-order chi connectivity index (χ1) is 12.2. The van der Waals surface area contributed by atoms with E-state index in [4.69, 9.17) is 9.47 Å². The number of halogens is 1. The first-order valence-electron chi connectivity index (χ1n) is 9.62. The predicted octanol–water partition coefficient (Wildman–Crippen LogP) is 1.96. The van der Waals surface area contributed by atoms with Crippen LogP contribution in [0, 0.1) is 11.3 Å². The van der Waals surface area contributed by atoms with Gasteiger partial charge < -0.3 is 25.0 Å². The molecule has 0 aromatic rings. The summed E-state index contributed by atoms with van der Waals surface area (Å²) < 4.78 is 10.8. The Morgan fingerprint density at radius 2 is 1.96 bits per heavy atom. The van der Waals surface area contributed by atoms with Crippen molar-refractivity contribution in [3.8, 4) is 0 Å². The van der Waals surface area contributed by atoms with E-state index in [1.807, 2.05) is 7.05 Å². The first-order valence-corrected chi connectivity index (χ1v) is 9.62. The zero-order valence-corrected chi connectivity index (χ0v) is 18.0. The Labute approximate surface area is 172 Å². The molecular formula is C18H31IN4O3. The molecule has 8 heteroatoms. The normalized spacial score (nSPS) is 32.8. The number of aliphatic imine (C=N–C) groups is 1. The van der Waals surface area contributed by atoms with E-state index in [0.29, 0.717) is 29.5 Å². The van der Waals surface area contributed by atoms with Crippen LogP contribution in [0.2, 0.25) is 0 Å². The second-order valence-electron chi connectivity index (χ2n) is 7.90. The summed E-state index contributed by atoms with van der Waals surface area (Å²) >= 11 is 0. The van der Waals surface area contributed by atoms with Gasteiger partial charge in [-0.3, -0.25) is 4.99 Å². The van der Waals surface area contributed by atoms with Crippen molar-refractivity contribution < 1.29 is 14.3 Å². The van der Waals surface area contributed by atoms with Crippen LogP contribution < -0.4 is 10.6 Å². The van der Waals surface area contributed by atoms with Crippen LogP contribution in [-0.4, -0.2) is 69.0 Å². The molecule has 7 nitrogen and oxygen atoms in total. The third-order valence-corrected chi connectivity index (χ3v) is 6.82. The molecule has 2 aliphatic carbocycles. The van der Waals surface area contributed by atoms with Crippen LogP contribution in [0.4, 0.5) is 4.79 Å². The monoisotopic (exact) mass is 478 g/mol. The van der Waals surface area contributed by atoms with Gasteiger partial charge in [-0.15, -0.1) is 24.0 Å². The fraction of sp³-hybridized carbons (Fsp3) is 0.889. The van der Waals surface area contributed by atoms with Crippen molar-refractivity contribution in [1.29, 1.82) is 0 Å². The maximum Gasteiger partial charge on any atom is 0.409 e. The highest BCUT2D eigenvalue weighted by Crippen LogP contribution is 2.62. The molecule has 148 valence electrons. The Hall–Kier alpha value is -0.770. The second kappa shape index (κ2) is 8.08. The van der Waals surface area contributed by atoms with Gasteiger partial charge in [0.25, 0.3) is 0 Å². The quantitative estimate of drug-likeness (QED) is 0.361. The lowest BCUT2D eigenvalue weighted by Crippen LogP contribution is -2.72. The minimum atomic E-state index is -0.227. The molecule has 4 fully saturated rings. The van der Waals surface area contributed by atoms with E-state index in [-0.39, 0.29) is 30.1 Å². The molecule has 1 amide bonds. The predicted molar refractivity (Wildman–Crippen MR) is 110 cm³/mol. The second-order valence-corrected chi connectivity index (χ2v) is 7.90. The number of nitrogens with one attached hydrogen (secondary N) is 2. The molecule has 3 unspecified atom stereocenters. The highest BCUT2D eigenvalue weighted by Gasteiger charge is 2.66. The number of fused-ring (bicyclic) bond motifs is 2. The summed E-state index contributed by atoms with van der Waals surface area (Å²) in [5.74, 6) is 1.54. The van der Waals surface area contributed by atoms with Crippen LogP contribution in [-0.2, 0) is 9.47 Å². The average molecular weight is 478 g/mol. The van der Waals surface area contributed by atoms with Gasteiger partial charge in [0.05, 0.1) is 13.2 Å². The van der Waals surface area contributed by atoms with Crippen LogP contribution in [0.15, 0.2) is 4.99 Å². The van der Waals surface area contributed by atoms with Gasteiger partial charge in [0.1, 0.15) is 0 Å².